The van der Waals surface area contributed by atoms with E-state index in [1.54, 1.807) is 0 Å². The zero-order chi connectivity index (χ0) is 10.5. The molecule has 1 aliphatic carbocycles. The monoisotopic (exact) mass is 211 g/mol. The van der Waals surface area contributed by atoms with Gasteiger partial charge in [-0.2, -0.15) is 0 Å². The van der Waals surface area contributed by atoms with E-state index in [2.05, 4.69) is 12.2 Å². The van der Waals surface area contributed by atoms with Crippen molar-refractivity contribution in [1.29, 1.82) is 0 Å². The molecule has 2 heterocycles. The minimum absolute atomic E-state index is 0.0897. The van der Waals surface area contributed by atoms with Gasteiger partial charge in [-0.25, -0.2) is 9.69 Å². The first-order chi connectivity index (χ1) is 7.18. The molecular formula is C11H19N2O2+. The summed E-state index contributed by atoms with van der Waals surface area (Å²) in [6.07, 6.45) is 5.68. The largest absolute Gasteiger partial charge is 0.434 e. The number of fused-ring (bicyclic) bond motifs is 2. The van der Waals surface area contributed by atoms with Crippen LogP contribution < -0.4 is 5.32 Å². The third kappa shape index (κ3) is 1.03. The van der Waals surface area contributed by atoms with E-state index in [0.717, 1.165) is 25.9 Å². The van der Waals surface area contributed by atoms with Crippen LogP contribution in [-0.4, -0.2) is 35.3 Å². The minimum Gasteiger partial charge on any atom is -0.434 e. The van der Waals surface area contributed by atoms with Crippen LogP contribution in [0.4, 0.5) is 4.79 Å². The average Bonchev–Trinajstić information content (AvgIpc) is 2.70. The SMILES string of the molecule is C[C@]12[NH2+]CCN1C(=O)OC21CCCCC1. The highest BCUT2D eigenvalue weighted by molar-refractivity contribution is 5.72. The zero-order valence-electron chi connectivity index (χ0n) is 9.29. The first-order valence-corrected chi connectivity index (χ1v) is 6.03. The minimum atomic E-state index is -0.196. The van der Waals surface area contributed by atoms with Gasteiger partial charge >= 0.3 is 6.09 Å². The van der Waals surface area contributed by atoms with E-state index in [-0.39, 0.29) is 17.4 Å². The fourth-order valence-corrected chi connectivity index (χ4v) is 3.59. The summed E-state index contributed by atoms with van der Waals surface area (Å²) in [4.78, 5) is 13.7. The third-order valence-corrected chi connectivity index (χ3v) is 4.54. The lowest BCUT2D eigenvalue weighted by atomic mass is 9.76. The van der Waals surface area contributed by atoms with E-state index in [9.17, 15) is 4.79 Å². The molecule has 2 aliphatic heterocycles. The van der Waals surface area contributed by atoms with Crippen molar-refractivity contribution in [2.45, 2.75) is 50.3 Å². The predicted molar refractivity (Wildman–Crippen MR) is 54.2 cm³/mol. The van der Waals surface area contributed by atoms with E-state index in [1.165, 1.54) is 19.3 Å². The molecule has 15 heavy (non-hydrogen) atoms. The van der Waals surface area contributed by atoms with Crippen LogP contribution in [0.5, 0.6) is 0 Å². The summed E-state index contributed by atoms with van der Waals surface area (Å²) in [5, 5.41) is 2.29. The maximum atomic E-state index is 11.8. The smallest absolute Gasteiger partial charge is 0.415 e. The Labute approximate surface area is 90.0 Å². The fraction of sp³-hybridized carbons (Fsp3) is 0.909. The number of hydrogen-bond acceptors (Lipinski definition) is 2. The van der Waals surface area contributed by atoms with Gasteiger partial charge in [-0.15, -0.1) is 0 Å². The summed E-state index contributed by atoms with van der Waals surface area (Å²) in [5.41, 5.74) is -0.316. The van der Waals surface area contributed by atoms with Gasteiger partial charge < -0.3 is 10.1 Å². The predicted octanol–water partition coefficient (Wildman–Crippen LogP) is 0.435. The molecule has 3 aliphatic rings. The molecule has 1 amide bonds. The van der Waals surface area contributed by atoms with Crippen LogP contribution in [0, 0.1) is 0 Å². The molecule has 2 N–H and O–H groups in total. The van der Waals surface area contributed by atoms with Crippen molar-refractivity contribution in [2.75, 3.05) is 13.1 Å². The average molecular weight is 211 g/mol. The molecule has 4 heteroatoms. The lowest BCUT2D eigenvalue weighted by molar-refractivity contribution is -0.726. The second kappa shape index (κ2) is 2.88. The Morgan fingerprint density at radius 2 is 2.07 bits per heavy atom. The second-order valence-corrected chi connectivity index (χ2v) is 5.21. The van der Waals surface area contributed by atoms with Gasteiger partial charge in [-0.1, -0.05) is 6.42 Å². The highest BCUT2D eigenvalue weighted by Crippen LogP contribution is 2.45. The van der Waals surface area contributed by atoms with Crippen LogP contribution in [0.15, 0.2) is 0 Å². The number of nitrogens with two attached hydrogens (primary N) is 1. The fourth-order valence-electron chi connectivity index (χ4n) is 3.59. The van der Waals surface area contributed by atoms with Gasteiger partial charge in [-0.3, -0.25) is 0 Å². The van der Waals surface area contributed by atoms with Gasteiger partial charge in [0, 0.05) is 6.92 Å². The Morgan fingerprint density at radius 3 is 2.80 bits per heavy atom. The zero-order valence-corrected chi connectivity index (χ0v) is 9.29. The molecule has 0 aromatic carbocycles. The topological polar surface area (TPSA) is 46.2 Å². The number of quaternary nitrogens is 1. The molecule has 4 nitrogen and oxygen atoms in total. The van der Waals surface area contributed by atoms with Crippen molar-refractivity contribution < 1.29 is 14.8 Å². The normalized spacial score (nSPS) is 38.2. The molecule has 0 aromatic rings. The first-order valence-electron chi connectivity index (χ1n) is 6.03. The molecule has 3 fully saturated rings. The molecule has 1 saturated carbocycles. The number of carbonyl (C=O) groups is 1. The van der Waals surface area contributed by atoms with Gasteiger partial charge in [0.25, 0.3) is 0 Å². The molecule has 0 bridgehead atoms. The van der Waals surface area contributed by atoms with Crippen molar-refractivity contribution in [3.8, 4) is 0 Å². The standard InChI is InChI=1S/C11H18N2O2/c1-10-11(5-3-2-4-6-11)15-9(14)13(10)8-7-12-10/h12H,2-8H2,1H3/p+1/t10-/m0/s1. The van der Waals surface area contributed by atoms with Gasteiger partial charge in [-0.05, 0) is 25.7 Å². The number of carbonyl (C=O) groups excluding carboxylic acids is 1. The molecule has 84 valence electrons. The van der Waals surface area contributed by atoms with Gasteiger partial charge in [0.1, 0.15) is 0 Å². The van der Waals surface area contributed by atoms with Crippen molar-refractivity contribution >= 4 is 6.09 Å². The Bertz CT molecular complexity index is 299. The van der Waals surface area contributed by atoms with Crippen molar-refractivity contribution in [3.05, 3.63) is 0 Å². The van der Waals surface area contributed by atoms with Crippen molar-refractivity contribution in [2.24, 2.45) is 0 Å². The summed E-state index contributed by atoms with van der Waals surface area (Å²) < 4.78 is 5.72. The van der Waals surface area contributed by atoms with E-state index in [4.69, 9.17) is 4.74 Å². The summed E-state index contributed by atoms with van der Waals surface area (Å²) >= 11 is 0. The molecule has 3 rings (SSSR count). The highest BCUT2D eigenvalue weighted by Gasteiger charge is 2.67. The molecule has 2 saturated heterocycles. The second-order valence-electron chi connectivity index (χ2n) is 5.21. The van der Waals surface area contributed by atoms with Crippen LogP contribution in [0.3, 0.4) is 0 Å². The maximum absolute atomic E-state index is 11.8. The molecule has 1 spiro atoms. The molecular weight excluding hydrogens is 192 g/mol. The van der Waals surface area contributed by atoms with Crippen LogP contribution in [0.2, 0.25) is 0 Å². The van der Waals surface area contributed by atoms with Crippen molar-refractivity contribution in [1.82, 2.24) is 4.90 Å². The number of nitrogens with zero attached hydrogens (tertiary/aromatic N) is 1. The molecule has 0 unspecified atom stereocenters. The summed E-state index contributed by atoms with van der Waals surface area (Å²) in [6.45, 7) is 4.04. The number of hydrogen-bond donors (Lipinski definition) is 1. The first kappa shape index (κ1) is 9.46. The molecule has 0 aromatic heterocycles. The summed E-state index contributed by atoms with van der Waals surface area (Å²) in [5.74, 6) is 0. The number of ether oxygens (including phenoxy) is 1. The number of rotatable bonds is 0. The quantitative estimate of drug-likeness (QED) is 0.632. The lowest BCUT2D eigenvalue weighted by Gasteiger charge is -2.39. The Morgan fingerprint density at radius 1 is 1.33 bits per heavy atom. The summed E-state index contributed by atoms with van der Waals surface area (Å²) in [7, 11) is 0. The van der Waals surface area contributed by atoms with E-state index < -0.39 is 0 Å². The van der Waals surface area contributed by atoms with E-state index in [1.807, 2.05) is 4.90 Å². The number of amides is 1. The van der Waals surface area contributed by atoms with Crippen LogP contribution in [-0.2, 0) is 4.74 Å². The highest BCUT2D eigenvalue weighted by atomic mass is 16.6. The van der Waals surface area contributed by atoms with Gasteiger partial charge in [0.15, 0.2) is 5.60 Å². The maximum Gasteiger partial charge on any atom is 0.415 e. The van der Waals surface area contributed by atoms with Gasteiger partial charge in [0.2, 0.25) is 5.66 Å². The van der Waals surface area contributed by atoms with Crippen LogP contribution >= 0.6 is 0 Å². The van der Waals surface area contributed by atoms with E-state index >= 15 is 0 Å². The Hall–Kier alpha value is -0.770. The summed E-state index contributed by atoms with van der Waals surface area (Å²) in [6, 6.07) is 0. The Kier molecular flexibility index (Phi) is 1.81. The molecule has 1 atom stereocenters. The van der Waals surface area contributed by atoms with Crippen LogP contribution in [0.1, 0.15) is 39.0 Å². The van der Waals surface area contributed by atoms with E-state index in [0.29, 0.717) is 0 Å². The van der Waals surface area contributed by atoms with Crippen molar-refractivity contribution in [3.63, 3.8) is 0 Å². The Balaban J connectivity index is 1.98. The van der Waals surface area contributed by atoms with Crippen LogP contribution in [0.25, 0.3) is 0 Å². The lowest BCUT2D eigenvalue weighted by Crippen LogP contribution is -2.99. The van der Waals surface area contributed by atoms with Gasteiger partial charge in [0.05, 0.1) is 13.1 Å². The molecule has 0 radical (unpaired) electrons. The third-order valence-electron chi connectivity index (χ3n) is 4.54.